The highest BCUT2D eigenvalue weighted by molar-refractivity contribution is 6.31. The third-order valence-corrected chi connectivity index (χ3v) is 4.20. The molecular formula is C18H19ClFN3O2. The maximum Gasteiger partial charge on any atom is 0.224 e. The van der Waals surface area contributed by atoms with Crippen LogP contribution < -0.4 is 5.32 Å². The summed E-state index contributed by atoms with van der Waals surface area (Å²) in [5.74, 6) is -1.04. The van der Waals surface area contributed by atoms with E-state index in [-0.39, 0.29) is 35.7 Å². The zero-order valence-electron chi connectivity index (χ0n) is 14.0. The second-order valence-corrected chi connectivity index (χ2v) is 6.05. The van der Waals surface area contributed by atoms with Crippen LogP contribution in [0.3, 0.4) is 0 Å². The van der Waals surface area contributed by atoms with E-state index in [0.29, 0.717) is 5.69 Å². The topological polar surface area (TPSA) is 62.3 Å². The molecule has 1 aromatic carbocycles. The van der Waals surface area contributed by atoms with Crippen LogP contribution in [0.5, 0.6) is 0 Å². The Bertz CT molecular complexity index is 755. The highest BCUT2D eigenvalue weighted by Crippen LogP contribution is 2.20. The largest absolute Gasteiger partial charge is 0.339 e. The van der Waals surface area contributed by atoms with Crippen molar-refractivity contribution in [2.75, 3.05) is 12.4 Å². The molecule has 0 saturated heterocycles. The maximum absolute atomic E-state index is 13.1. The summed E-state index contributed by atoms with van der Waals surface area (Å²) < 4.78 is 13.1. The quantitative estimate of drug-likeness (QED) is 0.848. The fourth-order valence-electron chi connectivity index (χ4n) is 2.26. The summed E-state index contributed by atoms with van der Waals surface area (Å²) in [6.07, 6.45) is 3.48. The number of amides is 2. The number of anilines is 1. The molecule has 0 radical (unpaired) electrons. The third kappa shape index (κ3) is 5.26. The lowest BCUT2D eigenvalue weighted by molar-refractivity contribution is -0.133. The molecular weight excluding hydrogens is 345 g/mol. The van der Waals surface area contributed by atoms with Gasteiger partial charge in [0.05, 0.1) is 11.1 Å². The van der Waals surface area contributed by atoms with Gasteiger partial charge in [-0.15, -0.1) is 0 Å². The summed E-state index contributed by atoms with van der Waals surface area (Å²) in [4.78, 5) is 29.8. The number of carbonyl (C=O) groups is 2. The van der Waals surface area contributed by atoms with Gasteiger partial charge in [-0.05, 0) is 36.8 Å². The summed E-state index contributed by atoms with van der Waals surface area (Å²) in [6.45, 7) is 1.90. The molecule has 5 nitrogen and oxygen atoms in total. The first kappa shape index (κ1) is 18.9. The molecule has 0 spiro atoms. The van der Waals surface area contributed by atoms with Crippen LogP contribution in [-0.2, 0) is 9.59 Å². The fraction of sp³-hybridized carbons (Fsp3) is 0.278. The van der Waals surface area contributed by atoms with Crippen molar-refractivity contribution >= 4 is 29.1 Å². The molecule has 0 bridgehead atoms. The number of benzene rings is 1. The summed E-state index contributed by atoms with van der Waals surface area (Å²) in [6, 6.07) is 7.48. The van der Waals surface area contributed by atoms with Crippen molar-refractivity contribution in [3.63, 3.8) is 0 Å². The number of pyridine rings is 1. The smallest absolute Gasteiger partial charge is 0.224 e. The average Bonchev–Trinajstić information content (AvgIpc) is 2.62. The lowest BCUT2D eigenvalue weighted by Crippen LogP contribution is -2.30. The monoisotopic (exact) mass is 363 g/mol. The fourth-order valence-corrected chi connectivity index (χ4v) is 2.44. The standard InChI is InChI=1S/C18H19ClFN3O2/c1-12(13-4-3-9-21-11-13)23(2)18(25)8-7-17(24)22-14-5-6-16(20)15(19)10-14/h3-6,9-12H,7-8H2,1-2H3,(H,22,24)/t12-/m1/s1. The maximum atomic E-state index is 13.1. The van der Waals surface area contributed by atoms with Crippen LogP contribution in [0.4, 0.5) is 10.1 Å². The van der Waals surface area contributed by atoms with Gasteiger partial charge in [0.25, 0.3) is 0 Å². The Labute approximate surface area is 150 Å². The Hall–Kier alpha value is -2.47. The van der Waals surface area contributed by atoms with Crippen LogP contribution in [-0.4, -0.2) is 28.7 Å². The Morgan fingerprint density at radius 1 is 1.32 bits per heavy atom. The van der Waals surface area contributed by atoms with Crippen molar-refractivity contribution in [2.45, 2.75) is 25.8 Å². The molecule has 0 aliphatic heterocycles. The molecule has 25 heavy (non-hydrogen) atoms. The number of hydrogen-bond acceptors (Lipinski definition) is 3. The van der Waals surface area contributed by atoms with Crippen LogP contribution >= 0.6 is 11.6 Å². The lowest BCUT2D eigenvalue weighted by atomic mass is 10.1. The number of aromatic nitrogens is 1. The zero-order valence-corrected chi connectivity index (χ0v) is 14.8. The number of carbonyl (C=O) groups excluding carboxylic acids is 2. The Kier molecular flexibility index (Phi) is 6.47. The van der Waals surface area contributed by atoms with Gasteiger partial charge in [0.1, 0.15) is 5.82 Å². The van der Waals surface area contributed by atoms with Gasteiger partial charge in [0.15, 0.2) is 0 Å². The minimum atomic E-state index is -0.555. The molecule has 0 aliphatic carbocycles. The van der Waals surface area contributed by atoms with E-state index in [1.54, 1.807) is 24.3 Å². The molecule has 7 heteroatoms. The minimum absolute atomic E-state index is 0.0257. The van der Waals surface area contributed by atoms with Crippen molar-refractivity contribution < 1.29 is 14.0 Å². The Morgan fingerprint density at radius 2 is 2.08 bits per heavy atom. The van der Waals surface area contributed by atoms with Crippen molar-refractivity contribution in [1.82, 2.24) is 9.88 Å². The van der Waals surface area contributed by atoms with E-state index in [9.17, 15) is 14.0 Å². The molecule has 2 rings (SSSR count). The molecule has 0 fully saturated rings. The summed E-state index contributed by atoms with van der Waals surface area (Å²) in [5, 5.41) is 2.52. The molecule has 0 aliphatic rings. The zero-order chi connectivity index (χ0) is 18.4. The van der Waals surface area contributed by atoms with E-state index in [2.05, 4.69) is 10.3 Å². The third-order valence-electron chi connectivity index (χ3n) is 3.91. The van der Waals surface area contributed by atoms with Gasteiger partial charge in [0.2, 0.25) is 11.8 Å². The van der Waals surface area contributed by atoms with E-state index in [1.165, 1.54) is 18.2 Å². The predicted molar refractivity (Wildman–Crippen MR) is 94.7 cm³/mol. The van der Waals surface area contributed by atoms with Gasteiger partial charge in [-0.25, -0.2) is 4.39 Å². The van der Waals surface area contributed by atoms with Crippen molar-refractivity contribution in [1.29, 1.82) is 0 Å². The second kappa shape index (κ2) is 8.58. The highest BCUT2D eigenvalue weighted by Gasteiger charge is 2.18. The van der Waals surface area contributed by atoms with Gasteiger partial charge in [-0.2, -0.15) is 0 Å². The average molecular weight is 364 g/mol. The predicted octanol–water partition coefficient (Wildman–Crippen LogP) is 3.81. The number of rotatable bonds is 6. The first-order valence-corrected chi connectivity index (χ1v) is 8.16. The second-order valence-electron chi connectivity index (χ2n) is 5.64. The molecule has 132 valence electrons. The van der Waals surface area contributed by atoms with Gasteiger partial charge < -0.3 is 10.2 Å². The van der Waals surface area contributed by atoms with E-state index in [1.807, 2.05) is 19.1 Å². The van der Waals surface area contributed by atoms with E-state index < -0.39 is 5.82 Å². The van der Waals surface area contributed by atoms with Gasteiger partial charge in [-0.3, -0.25) is 14.6 Å². The minimum Gasteiger partial charge on any atom is -0.339 e. The van der Waals surface area contributed by atoms with Gasteiger partial charge >= 0.3 is 0 Å². The number of nitrogens with zero attached hydrogens (tertiary/aromatic N) is 2. The van der Waals surface area contributed by atoms with Crippen molar-refractivity contribution in [3.8, 4) is 0 Å². The highest BCUT2D eigenvalue weighted by atomic mass is 35.5. The summed E-state index contributed by atoms with van der Waals surface area (Å²) >= 11 is 5.67. The molecule has 1 aromatic heterocycles. The molecule has 1 N–H and O–H groups in total. The number of halogens is 2. The number of nitrogens with one attached hydrogen (secondary N) is 1. The first-order valence-electron chi connectivity index (χ1n) is 7.79. The Morgan fingerprint density at radius 3 is 2.72 bits per heavy atom. The number of hydrogen-bond donors (Lipinski definition) is 1. The molecule has 0 unspecified atom stereocenters. The Balaban J connectivity index is 1.86. The van der Waals surface area contributed by atoms with Crippen LogP contribution in [0.2, 0.25) is 5.02 Å². The van der Waals surface area contributed by atoms with E-state index >= 15 is 0 Å². The van der Waals surface area contributed by atoms with Crippen molar-refractivity contribution in [2.24, 2.45) is 0 Å². The normalized spacial score (nSPS) is 11.7. The summed E-state index contributed by atoms with van der Waals surface area (Å²) in [7, 11) is 1.69. The molecule has 1 atom stereocenters. The SMILES string of the molecule is C[C@H](c1cccnc1)N(C)C(=O)CCC(=O)Nc1ccc(F)c(Cl)c1. The molecule has 0 saturated carbocycles. The van der Waals surface area contributed by atoms with E-state index in [0.717, 1.165) is 5.56 Å². The molecule has 2 aromatic rings. The molecule has 1 heterocycles. The summed E-state index contributed by atoms with van der Waals surface area (Å²) in [5.41, 5.74) is 1.31. The lowest BCUT2D eigenvalue weighted by Gasteiger charge is -2.25. The molecule has 2 amide bonds. The van der Waals surface area contributed by atoms with Crippen molar-refractivity contribution in [3.05, 3.63) is 59.1 Å². The van der Waals surface area contributed by atoms with E-state index in [4.69, 9.17) is 11.6 Å². The van der Waals surface area contributed by atoms with Crippen LogP contribution in [0, 0.1) is 5.82 Å². The van der Waals surface area contributed by atoms with Crippen LogP contribution in [0.15, 0.2) is 42.7 Å². The van der Waals surface area contributed by atoms with Crippen LogP contribution in [0.1, 0.15) is 31.4 Å². The van der Waals surface area contributed by atoms with Crippen LogP contribution in [0.25, 0.3) is 0 Å². The van der Waals surface area contributed by atoms with Gasteiger partial charge in [-0.1, -0.05) is 17.7 Å². The first-order chi connectivity index (χ1) is 11.9. The van der Waals surface area contributed by atoms with Gasteiger partial charge in [0, 0.05) is 38.0 Å².